The van der Waals surface area contributed by atoms with Gasteiger partial charge in [-0.25, -0.2) is 0 Å². The Morgan fingerprint density at radius 2 is 1.89 bits per heavy atom. The van der Waals surface area contributed by atoms with Gasteiger partial charge in [0.2, 0.25) is 0 Å². The van der Waals surface area contributed by atoms with Gasteiger partial charge in [-0.05, 0) is 49.2 Å². The molecule has 0 bridgehead atoms. The molecule has 1 aliphatic rings. The lowest BCUT2D eigenvalue weighted by atomic mass is 9.85. The first-order chi connectivity index (χ1) is 8.16. The summed E-state index contributed by atoms with van der Waals surface area (Å²) >= 11 is 0. The molecule has 0 fully saturated rings. The zero-order valence-electron chi connectivity index (χ0n) is 13.3. The van der Waals surface area contributed by atoms with Crippen molar-refractivity contribution in [1.29, 1.82) is 0 Å². The van der Waals surface area contributed by atoms with Crippen molar-refractivity contribution in [3.8, 4) is 0 Å². The third kappa shape index (κ3) is 4.54. The van der Waals surface area contributed by atoms with E-state index in [1.165, 1.54) is 32.1 Å². The molecular formula is C16H32OSi. The lowest BCUT2D eigenvalue weighted by Crippen LogP contribution is -2.40. The van der Waals surface area contributed by atoms with E-state index in [9.17, 15) is 0 Å². The Morgan fingerprint density at radius 1 is 1.22 bits per heavy atom. The lowest BCUT2D eigenvalue weighted by molar-refractivity contribution is 0.266. The van der Waals surface area contributed by atoms with Crippen LogP contribution in [0.2, 0.25) is 18.1 Å². The van der Waals surface area contributed by atoms with E-state index in [0.717, 1.165) is 6.61 Å². The number of hydrogen-bond acceptors (Lipinski definition) is 1. The van der Waals surface area contributed by atoms with Gasteiger partial charge in [-0.1, -0.05) is 46.3 Å². The van der Waals surface area contributed by atoms with Crippen LogP contribution < -0.4 is 0 Å². The summed E-state index contributed by atoms with van der Waals surface area (Å²) in [5.41, 5.74) is 0.483. The third-order valence-corrected chi connectivity index (χ3v) is 9.35. The van der Waals surface area contributed by atoms with Gasteiger partial charge in [0, 0.05) is 6.61 Å². The minimum atomic E-state index is -1.52. The maximum atomic E-state index is 6.21. The summed E-state index contributed by atoms with van der Waals surface area (Å²) in [4.78, 5) is 0. The molecule has 0 unspecified atom stereocenters. The van der Waals surface area contributed by atoms with Crippen molar-refractivity contribution in [2.24, 2.45) is 5.41 Å². The quantitative estimate of drug-likeness (QED) is 0.349. The predicted molar refractivity (Wildman–Crippen MR) is 83.5 cm³/mol. The van der Waals surface area contributed by atoms with Gasteiger partial charge in [-0.15, -0.1) is 0 Å². The van der Waals surface area contributed by atoms with Gasteiger partial charge in [-0.3, -0.25) is 0 Å². The van der Waals surface area contributed by atoms with Gasteiger partial charge in [0.05, 0.1) is 0 Å². The normalized spacial score (nSPS) is 24.8. The molecule has 0 spiro atoms. The van der Waals surface area contributed by atoms with Crippen molar-refractivity contribution < 1.29 is 4.43 Å². The Hall–Kier alpha value is -0.0831. The predicted octanol–water partition coefficient (Wildman–Crippen LogP) is 5.53. The van der Waals surface area contributed by atoms with Crippen LogP contribution in [0.5, 0.6) is 0 Å². The Bertz CT molecular complexity index is 288. The van der Waals surface area contributed by atoms with Gasteiger partial charge in [0.25, 0.3) is 0 Å². The first-order valence-corrected chi connectivity index (χ1v) is 10.4. The van der Waals surface area contributed by atoms with Crippen LogP contribution in [0.25, 0.3) is 0 Å². The molecule has 0 aromatic rings. The molecule has 0 aliphatic heterocycles. The van der Waals surface area contributed by atoms with Crippen molar-refractivity contribution in [3.63, 3.8) is 0 Å². The highest BCUT2D eigenvalue weighted by molar-refractivity contribution is 6.74. The molecule has 1 rings (SSSR count). The fourth-order valence-electron chi connectivity index (χ4n) is 2.25. The molecule has 0 amide bonds. The van der Waals surface area contributed by atoms with Crippen molar-refractivity contribution in [3.05, 3.63) is 12.2 Å². The van der Waals surface area contributed by atoms with Crippen molar-refractivity contribution >= 4 is 8.32 Å². The summed E-state index contributed by atoms with van der Waals surface area (Å²) in [6, 6.07) is 0. The van der Waals surface area contributed by atoms with Crippen LogP contribution in [0.3, 0.4) is 0 Å². The molecule has 0 saturated carbocycles. The molecular weight excluding hydrogens is 236 g/mol. The molecule has 0 N–H and O–H groups in total. The first kappa shape index (κ1) is 16.0. The topological polar surface area (TPSA) is 9.23 Å². The second-order valence-corrected chi connectivity index (χ2v) is 12.5. The van der Waals surface area contributed by atoms with E-state index in [1.807, 2.05) is 0 Å². The minimum absolute atomic E-state index is 0.340. The van der Waals surface area contributed by atoms with E-state index in [-0.39, 0.29) is 0 Å². The largest absolute Gasteiger partial charge is 0.417 e. The summed E-state index contributed by atoms with van der Waals surface area (Å²) in [6.07, 6.45) is 11.2. The van der Waals surface area contributed by atoms with E-state index in [1.54, 1.807) is 0 Å². The molecule has 0 aromatic carbocycles. The number of unbranched alkanes of at least 4 members (excludes halogenated alkanes) is 1. The molecule has 0 saturated heterocycles. The van der Waals surface area contributed by atoms with Crippen LogP contribution in [0.15, 0.2) is 12.2 Å². The second kappa shape index (κ2) is 5.92. The Morgan fingerprint density at radius 3 is 2.39 bits per heavy atom. The fourth-order valence-corrected chi connectivity index (χ4v) is 3.33. The number of rotatable bonds is 6. The molecule has 2 heteroatoms. The maximum Gasteiger partial charge on any atom is 0.191 e. The highest BCUT2D eigenvalue weighted by atomic mass is 28.4. The van der Waals surface area contributed by atoms with Gasteiger partial charge in [0.15, 0.2) is 8.32 Å². The SMILES string of the molecule is CC(C)(C)[Si](C)(C)OCCCC[C@@]1(C)C=CCC1. The molecule has 1 aliphatic carbocycles. The van der Waals surface area contributed by atoms with E-state index in [4.69, 9.17) is 4.43 Å². The van der Waals surface area contributed by atoms with E-state index < -0.39 is 8.32 Å². The smallest absolute Gasteiger partial charge is 0.191 e. The Labute approximate surface area is 115 Å². The molecule has 18 heavy (non-hydrogen) atoms. The van der Waals surface area contributed by atoms with Crippen molar-refractivity contribution in [1.82, 2.24) is 0 Å². The highest BCUT2D eigenvalue weighted by Gasteiger charge is 2.36. The monoisotopic (exact) mass is 268 g/mol. The van der Waals surface area contributed by atoms with Crippen LogP contribution in [0.1, 0.15) is 59.8 Å². The number of allylic oxidation sites excluding steroid dienone is 2. The lowest BCUT2D eigenvalue weighted by Gasteiger charge is -2.36. The standard InChI is InChI=1S/C16H32OSi/c1-15(2,3)18(5,6)17-14-10-9-13-16(4)11-7-8-12-16/h7,11H,8-10,12-14H2,1-6H3/t16-/m0/s1. The van der Waals surface area contributed by atoms with E-state index in [0.29, 0.717) is 10.5 Å². The highest BCUT2D eigenvalue weighted by Crippen LogP contribution is 2.38. The summed E-state index contributed by atoms with van der Waals surface area (Å²) in [5.74, 6) is 0. The van der Waals surface area contributed by atoms with Crippen LogP contribution in [-0.2, 0) is 4.43 Å². The molecule has 0 heterocycles. The molecule has 0 aromatic heterocycles. The fraction of sp³-hybridized carbons (Fsp3) is 0.875. The molecule has 106 valence electrons. The van der Waals surface area contributed by atoms with E-state index >= 15 is 0 Å². The van der Waals surface area contributed by atoms with Gasteiger partial charge in [0.1, 0.15) is 0 Å². The molecule has 1 nitrogen and oxygen atoms in total. The van der Waals surface area contributed by atoms with Gasteiger partial charge >= 0.3 is 0 Å². The second-order valence-electron chi connectivity index (χ2n) is 7.66. The molecule has 1 atom stereocenters. The average Bonchev–Trinajstić information content (AvgIpc) is 2.63. The first-order valence-electron chi connectivity index (χ1n) is 7.48. The van der Waals surface area contributed by atoms with Crippen LogP contribution in [0.4, 0.5) is 0 Å². The summed E-state index contributed by atoms with van der Waals surface area (Å²) in [6.45, 7) is 15.0. The Kier molecular flexibility index (Phi) is 5.25. The van der Waals surface area contributed by atoms with Gasteiger partial charge in [-0.2, -0.15) is 0 Å². The van der Waals surface area contributed by atoms with Gasteiger partial charge < -0.3 is 4.43 Å². The minimum Gasteiger partial charge on any atom is -0.417 e. The van der Waals surface area contributed by atoms with Crippen LogP contribution in [-0.4, -0.2) is 14.9 Å². The maximum absolute atomic E-state index is 6.21. The molecule has 0 radical (unpaired) electrons. The third-order valence-electron chi connectivity index (χ3n) is 4.81. The Balaban J connectivity index is 2.18. The van der Waals surface area contributed by atoms with Crippen LogP contribution in [0, 0.1) is 5.41 Å². The van der Waals surface area contributed by atoms with Crippen molar-refractivity contribution in [2.45, 2.75) is 77.9 Å². The summed E-state index contributed by atoms with van der Waals surface area (Å²) in [5, 5.41) is 0.340. The van der Waals surface area contributed by atoms with Crippen LogP contribution >= 0.6 is 0 Å². The zero-order chi connectivity index (χ0) is 13.9. The van der Waals surface area contributed by atoms with Crippen molar-refractivity contribution in [2.75, 3.05) is 6.61 Å². The zero-order valence-corrected chi connectivity index (χ0v) is 14.3. The summed E-state index contributed by atoms with van der Waals surface area (Å²) < 4.78 is 6.21. The number of hydrogen-bond donors (Lipinski definition) is 0. The average molecular weight is 269 g/mol. The summed E-state index contributed by atoms with van der Waals surface area (Å²) in [7, 11) is -1.52. The van der Waals surface area contributed by atoms with E-state index in [2.05, 4.69) is 52.9 Å².